The summed E-state index contributed by atoms with van der Waals surface area (Å²) in [5.41, 5.74) is 3.45. The van der Waals surface area contributed by atoms with Crippen molar-refractivity contribution in [1.82, 2.24) is 10.2 Å². The van der Waals surface area contributed by atoms with Crippen molar-refractivity contribution < 1.29 is 4.79 Å². The number of nitrogens with zero attached hydrogens (tertiary/aromatic N) is 1. The van der Waals surface area contributed by atoms with Crippen LogP contribution in [0, 0.1) is 0 Å². The SMILES string of the molecule is CCN(CCCCCNC(=O)/C=C(\C)c1ccccc1)Cc1ccccc1. The van der Waals surface area contributed by atoms with Crippen LogP contribution >= 0.6 is 0 Å². The average molecular weight is 365 g/mol. The maximum Gasteiger partial charge on any atom is 0.244 e. The maximum atomic E-state index is 12.0. The Bertz CT molecular complexity index is 695. The first-order valence-electron chi connectivity index (χ1n) is 9.97. The molecule has 2 aromatic rings. The summed E-state index contributed by atoms with van der Waals surface area (Å²) in [7, 11) is 0. The van der Waals surface area contributed by atoms with Gasteiger partial charge in [0.15, 0.2) is 0 Å². The minimum atomic E-state index is -0.00406. The number of unbranched alkanes of at least 4 members (excludes halogenated alkanes) is 2. The van der Waals surface area contributed by atoms with E-state index in [0.717, 1.165) is 56.6 Å². The Balaban J connectivity index is 1.60. The number of amides is 1. The average Bonchev–Trinajstić information content (AvgIpc) is 2.71. The quantitative estimate of drug-likeness (QED) is 0.454. The molecule has 0 aliphatic heterocycles. The summed E-state index contributed by atoms with van der Waals surface area (Å²) in [5, 5.41) is 3.00. The monoisotopic (exact) mass is 364 g/mol. The zero-order valence-electron chi connectivity index (χ0n) is 16.7. The van der Waals surface area contributed by atoms with Gasteiger partial charge in [0.25, 0.3) is 0 Å². The van der Waals surface area contributed by atoms with Crippen LogP contribution in [0.3, 0.4) is 0 Å². The zero-order chi connectivity index (χ0) is 19.3. The van der Waals surface area contributed by atoms with Gasteiger partial charge in [-0.2, -0.15) is 0 Å². The van der Waals surface area contributed by atoms with E-state index in [4.69, 9.17) is 0 Å². The fourth-order valence-corrected chi connectivity index (χ4v) is 3.07. The van der Waals surface area contributed by atoms with E-state index in [1.54, 1.807) is 6.08 Å². The number of carbonyl (C=O) groups is 1. The zero-order valence-corrected chi connectivity index (χ0v) is 16.7. The molecule has 3 nitrogen and oxygen atoms in total. The molecule has 1 amide bonds. The lowest BCUT2D eigenvalue weighted by Gasteiger charge is -2.20. The summed E-state index contributed by atoms with van der Waals surface area (Å²) < 4.78 is 0. The first-order chi connectivity index (χ1) is 13.2. The predicted molar refractivity (Wildman–Crippen MR) is 114 cm³/mol. The van der Waals surface area contributed by atoms with Gasteiger partial charge in [-0.15, -0.1) is 0 Å². The summed E-state index contributed by atoms with van der Waals surface area (Å²) in [4.78, 5) is 14.5. The number of nitrogens with one attached hydrogen (secondary N) is 1. The lowest BCUT2D eigenvalue weighted by atomic mass is 10.1. The highest BCUT2D eigenvalue weighted by atomic mass is 16.1. The summed E-state index contributed by atoms with van der Waals surface area (Å²) >= 11 is 0. The van der Waals surface area contributed by atoms with Crippen LogP contribution in [0.1, 0.15) is 44.2 Å². The molecule has 2 rings (SSSR count). The number of rotatable bonds is 11. The van der Waals surface area contributed by atoms with E-state index in [-0.39, 0.29) is 5.91 Å². The van der Waals surface area contributed by atoms with Crippen LogP contribution < -0.4 is 5.32 Å². The molecule has 3 heteroatoms. The second-order valence-corrected chi connectivity index (χ2v) is 6.90. The molecule has 0 saturated carbocycles. The Kier molecular flexibility index (Phi) is 9.36. The third-order valence-corrected chi connectivity index (χ3v) is 4.72. The first-order valence-corrected chi connectivity index (χ1v) is 9.97. The van der Waals surface area contributed by atoms with Gasteiger partial charge in [0.2, 0.25) is 5.91 Å². The van der Waals surface area contributed by atoms with E-state index in [1.165, 1.54) is 5.56 Å². The topological polar surface area (TPSA) is 32.3 Å². The predicted octanol–water partition coefficient (Wildman–Crippen LogP) is 4.90. The van der Waals surface area contributed by atoms with Gasteiger partial charge in [0.1, 0.15) is 0 Å². The Morgan fingerprint density at radius 3 is 2.30 bits per heavy atom. The molecule has 27 heavy (non-hydrogen) atoms. The van der Waals surface area contributed by atoms with Crippen LogP contribution in [-0.2, 0) is 11.3 Å². The first kappa shape index (κ1) is 20.9. The minimum Gasteiger partial charge on any atom is -0.353 e. The van der Waals surface area contributed by atoms with Crippen molar-refractivity contribution in [3.8, 4) is 0 Å². The Labute approximate surface area is 164 Å². The molecule has 0 bridgehead atoms. The van der Waals surface area contributed by atoms with E-state index in [0.29, 0.717) is 0 Å². The molecule has 0 heterocycles. The fraction of sp³-hybridized carbons (Fsp3) is 0.375. The van der Waals surface area contributed by atoms with Crippen molar-refractivity contribution in [1.29, 1.82) is 0 Å². The van der Waals surface area contributed by atoms with E-state index in [9.17, 15) is 4.79 Å². The molecule has 0 spiro atoms. The second kappa shape index (κ2) is 12.1. The van der Waals surface area contributed by atoms with Crippen LogP contribution in [0.4, 0.5) is 0 Å². The van der Waals surface area contributed by atoms with Gasteiger partial charge in [-0.05, 0) is 49.6 Å². The van der Waals surface area contributed by atoms with Gasteiger partial charge in [0, 0.05) is 19.2 Å². The van der Waals surface area contributed by atoms with E-state index in [2.05, 4.69) is 47.5 Å². The molecule has 144 valence electrons. The summed E-state index contributed by atoms with van der Waals surface area (Å²) in [6, 6.07) is 20.6. The van der Waals surface area contributed by atoms with Crippen LogP contribution in [0.2, 0.25) is 0 Å². The fourth-order valence-electron chi connectivity index (χ4n) is 3.07. The standard InChI is InChI=1S/C24H32N2O/c1-3-26(20-22-13-7-4-8-14-22)18-12-6-11-17-25-24(27)19-21(2)23-15-9-5-10-16-23/h4-5,7-10,13-16,19H,3,6,11-12,17-18,20H2,1-2H3,(H,25,27)/b21-19+. The summed E-state index contributed by atoms with van der Waals surface area (Å²) in [6.07, 6.45) is 5.00. The van der Waals surface area contributed by atoms with Gasteiger partial charge < -0.3 is 5.32 Å². The molecule has 0 aromatic heterocycles. The molecular formula is C24H32N2O. The lowest BCUT2D eigenvalue weighted by Crippen LogP contribution is -2.25. The van der Waals surface area contributed by atoms with Gasteiger partial charge in [-0.25, -0.2) is 0 Å². The van der Waals surface area contributed by atoms with Crippen molar-refractivity contribution in [2.45, 2.75) is 39.7 Å². The second-order valence-electron chi connectivity index (χ2n) is 6.90. The number of allylic oxidation sites excluding steroid dienone is 1. The molecule has 2 aromatic carbocycles. The van der Waals surface area contributed by atoms with E-state index >= 15 is 0 Å². The van der Waals surface area contributed by atoms with Gasteiger partial charge in [0.05, 0.1) is 0 Å². The molecule has 0 saturated heterocycles. The molecule has 0 unspecified atom stereocenters. The van der Waals surface area contributed by atoms with E-state index < -0.39 is 0 Å². The third-order valence-electron chi connectivity index (χ3n) is 4.72. The Hall–Kier alpha value is -2.39. The number of carbonyl (C=O) groups excluding carboxylic acids is 1. The summed E-state index contributed by atoms with van der Waals surface area (Å²) in [5.74, 6) is -0.00406. The molecular weight excluding hydrogens is 332 g/mol. The van der Waals surface area contributed by atoms with Crippen molar-refractivity contribution in [3.63, 3.8) is 0 Å². The Morgan fingerprint density at radius 1 is 0.963 bits per heavy atom. The van der Waals surface area contributed by atoms with Crippen molar-refractivity contribution in [2.75, 3.05) is 19.6 Å². The van der Waals surface area contributed by atoms with Crippen LogP contribution in [0.25, 0.3) is 5.57 Å². The molecule has 0 atom stereocenters. The van der Waals surface area contributed by atoms with E-state index in [1.807, 2.05) is 37.3 Å². The highest BCUT2D eigenvalue weighted by molar-refractivity contribution is 5.94. The number of hydrogen-bond donors (Lipinski definition) is 1. The number of benzene rings is 2. The number of hydrogen-bond acceptors (Lipinski definition) is 2. The van der Waals surface area contributed by atoms with Gasteiger partial charge in [-0.3, -0.25) is 9.69 Å². The van der Waals surface area contributed by atoms with Gasteiger partial charge >= 0.3 is 0 Å². The normalized spacial score (nSPS) is 11.6. The van der Waals surface area contributed by atoms with Crippen molar-refractivity contribution >= 4 is 11.5 Å². The van der Waals surface area contributed by atoms with Crippen LogP contribution in [0.5, 0.6) is 0 Å². The Morgan fingerprint density at radius 2 is 1.63 bits per heavy atom. The minimum absolute atomic E-state index is 0.00406. The maximum absolute atomic E-state index is 12.0. The van der Waals surface area contributed by atoms with Crippen LogP contribution in [-0.4, -0.2) is 30.4 Å². The van der Waals surface area contributed by atoms with Crippen LogP contribution in [0.15, 0.2) is 66.7 Å². The van der Waals surface area contributed by atoms with Gasteiger partial charge in [-0.1, -0.05) is 74.0 Å². The molecule has 0 radical (unpaired) electrons. The molecule has 1 N–H and O–H groups in total. The highest BCUT2D eigenvalue weighted by Gasteiger charge is 2.04. The molecule has 0 fully saturated rings. The highest BCUT2D eigenvalue weighted by Crippen LogP contribution is 2.12. The van der Waals surface area contributed by atoms with Crippen molar-refractivity contribution in [3.05, 3.63) is 77.9 Å². The third kappa shape index (κ3) is 8.23. The van der Waals surface area contributed by atoms with Crippen molar-refractivity contribution in [2.24, 2.45) is 0 Å². The lowest BCUT2D eigenvalue weighted by molar-refractivity contribution is -0.116. The molecule has 0 aliphatic rings. The summed E-state index contributed by atoms with van der Waals surface area (Å²) in [6.45, 7) is 8.10. The molecule has 0 aliphatic carbocycles. The largest absolute Gasteiger partial charge is 0.353 e. The smallest absolute Gasteiger partial charge is 0.244 e.